The number of hydrogen-bond donors (Lipinski definition) is 2. The minimum absolute atomic E-state index is 0.0215. The molecule has 2 N–H and O–H groups in total. The van der Waals surface area contributed by atoms with E-state index in [1.54, 1.807) is 0 Å². The zero-order valence-electron chi connectivity index (χ0n) is 15.0. The number of nitrogens with one attached hydrogen (secondary N) is 2. The summed E-state index contributed by atoms with van der Waals surface area (Å²) in [7, 11) is 0. The van der Waals surface area contributed by atoms with Gasteiger partial charge in [0.25, 0.3) is 0 Å². The van der Waals surface area contributed by atoms with Crippen molar-refractivity contribution in [1.82, 2.24) is 5.32 Å². The van der Waals surface area contributed by atoms with Crippen molar-refractivity contribution in [2.45, 2.75) is 64.3 Å². The summed E-state index contributed by atoms with van der Waals surface area (Å²) in [5, 5.41) is 6.82. The smallest absolute Gasteiger partial charge is 0.212 e. The molecule has 0 saturated heterocycles. The first-order valence-corrected chi connectivity index (χ1v) is 8.98. The second kappa shape index (κ2) is 6.46. The van der Waals surface area contributed by atoms with Crippen LogP contribution < -0.4 is 10.6 Å². The number of rotatable bonds is 4. The number of ketones is 1. The monoisotopic (exact) mass is 324 g/mol. The van der Waals surface area contributed by atoms with Gasteiger partial charge in [-0.25, -0.2) is 0 Å². The molecule has 0 unspecified atom stereocenters. The zero-order chi connectivity index (χ0) is 17.3. The largest absolute Gasteiger partial charge is 0.380 e. The lowest BCUT2D eigenvalue weighted by molar-refractivity contribution is -0.113. The van der Waals surface area contributed by atoms with E-state index in [9.17, 15) is 4.79 Å². The van der Waals surface area contributed by atoms with Crippen LogP contribution >= 0.6 is 0 Å². The minimum Gasteiger partial charge on any atom is -0.380 e. The van der Waals surface area contributed by atoms with Crippen LogP contribution in [0.25, 0.3) is 0 Å². The van der Waals surface area contributed by atoms with Gasteiger partial charge < -0.3 is 10.6 Å². The maximum absolute atomic E-state index is 12.2. The number of allylic oxidation sites excluding steroid dienone is 2. The highest BCUT2D eigenvalue weighted by Crippen LogP contribution is 2.31. The summed E-state index contributed by atoms with van der Waals surface area (Å²) in [5.41, 5.74) is 4.54. The standard InChI is InChI=1S/C21H28N2O/c1-14-18(22-16-8-6-5-7-9-16)19(20(14)24)23-17-12-10-15(11-13-17)21(2,3)4/h10-13,16,22-23H,1,5-9H2,2-4H3. The van der Waals surface area contributed by atoms with Crippen LogP contribution in [-0.4, -0.2) is 11.8 Å². The van der Waals surface area contributed by atoms with Gasteiger partial charge in [0.1, 0.15) is 5.70 Å². The van der Waals surface area contributed by atoms with E-state index in [1.807, 2.05) is 12.1 Å². The molecule has 0 atom stereocenters. The highest BCUT2D eigenvalue weighted by atomic mass is 16.1. The van der Waals surface area contributed by atoms with Gasteiger partial charge in [0.2, 0.25) is 5.78 Å². The van der Waals surface area contributed by atoms with E-state index < -0.39 is 0 Å². The highest BCUT2D eigenvalue weighted by molar-refractivity contribution is 6.20. The highest BCUT2D eigenvalue weighted by Gasteiger charge is 2.33. The van der Waals surface area contributed by atoms with Crippen LogP contribution in [0.5, 0.6) is 0 Å². The van der Waals surface area contributed by atoms with Crippen molar-refractivity contribution in [2.24, 2.45) is 0 Å². The number of carbonyl (C=O) groups excluding carboxylic acids is 1. The van der Waals surface area contributed by atoms with E-state index in [0.29, 0.717) is 17.3 Å². The van der Waals surface area contributed by atoms with Crippen molar-refractivity contribution in [3.63, 3.8) is 0 Å². The van der Waals surface area contributed by atoms with Gasteiger partial charge in [-0.1, -0.05) is 58.7 Å². The van der Waals surface area contributed by atoms with Gasteiger partial charge in [0, 0.05) is 17.3 Å². The first-order chi connectivity index (χ1) is 11.4. The maximum Gasteiger partial charge on any atom is 0.212 e. The van der Waals surface area contributed by atoms with Crippen molar-refractivity contribution in [1.29, 1.82) is 0 Å². The second-order valence-corrected chi connectivity index (χ2v) is 7.99. The third-order valence-corrected chi connectivity index (χ3v) is 5.03. The van der Waals surface area contributed by atoms with Crippen molar-refractivity contribution >= 4 is 11.5 Å². The summed E-state index contributed by atoms with van der Waals surface area (Å²) in [4.78, 5) is 12.2. The van der Waals surface area contributed by atoms with Crippen LogP contribution in [0.15, 0.2) is 47.8 Å². The van der Waals surface area contributed by atoms with Gasteiger partial charge in [-0.3, -0.25) is 4.79 Å². The summed E-state index contributed by atoms with van der Waals surface area (Å²) in [6.45, 7) is 10.5. The lowest BCUT2D eigenvalue weighted by Gasteiger charge is -2.32. The number of benzene rings is 1. The molecule has 0 aliphatic heterocycles. The molecule has 0 radical (unpaired) electrons. The molecule has 2 aliphatic rings. The first-order valence-electron chi connectivity index (χ1n) is 8.98. The first kappa shape index (κ1) is 16.8. The molecule has 0 bridgehead atoms. The summed E-state index contributed by atoms with van der Waals surface area (Å²) < 4.78 is 0. The Balaban J connectivity index is 1.74. The van der Waals surface area contributed by atoms with Crippen LogP contribution in [0.4, 0.5) is 5.69 Å². The average molecular weight is 324 g/mol. The van der Waals surface area contributed by atoms with Crippen molar-refractivity contribution < 1.29 is 4.79 Å². The Hall–Kier alpha value is -2.03. The molecule has 3 heteroatoms. The minimum atomic E-state index is 0.0215. The fourth-order valence-electron chi connectivity index (χ4n) is 3.39. The third kappa shape index (κ3) is 3.40. The fourth-order valence-corrected chi connectivity index (χ4v) is 3.39. The molecule has 2 aliphatic carbocycles. The number of anilines is 1. The molecule has 1 aromatic rings. The van der Waals surface area contributed by atoms with Gasteiger partial charge >= 0.3 is 0 Å². The molecule has 3 rings (SSSR count). The lowest BCUT2D eigenvalue weighted by Crippen LogP contribution is -2.40. The molecule has 0 amide bonds. The Labute approximate surface area is 145 Å². The summed E-state index contributed by atoms with van der Waals surface area (Å²) in [6, 6.07) is 8.79. The zero-order valence-corrected chi connectivity index (χ0v) is 15.0. The fraction of sp³-hybridized carbons (Fsp3) is 0.476. The van der Waals surface area contributed by atoms with Crippen LogP contribution in [0, 0.1) is 0 Å². The molecule has 1 fully saturated rings. The van der Waals surface area contributed by atoms with Gasteiger partial charge in [0.15, 0.2) is 0 Å². The predicted octanol–water partition coefficient (Wildman–Crippen LogP) is 4.67. The van der Waals surface area contributed by atoms with Crippen molar-refractivity contribution in [3.05, 3.63) is 53.4 Å². The van der Waals surface area contributed by atoms with E-state index in [2.05, 4.69) is 50.1 Å². The number of carbonyl (C=O) groups is 1. The Kier molecular flexibility index (Phi) is 4.53. The maximum atomic E-state index is 12.2. The van der Waals surface area contributed by atoms with E-state index in [-0.39, 0.29) is 11.2 Å². The molecule has 0 spiro atoms. The number of Topliss-reactive ketones (excluding diaryl/α,β-unsaturated/α-hetero) is 1. The average Bonchev–Trinajstić information content (AvgIpc) is 2.58. The summed E-state index contributed by atoms with van der Waals surface area (Å²) in [5.74, 6) is 0.0215. The quantitative estimate of drug-likeness (QED) is 0.791. The topological polar surface area (TPSA) is 41.1 Å². The van der Waals surface area contributed by atoms with E-state index in [1.165, 1.54) is 37.7 Å². The Morgan fingerprint density at radius 2 is 1.62 bits per heavy atom. The SMILES string of the molecule is C=C1C(=O)C(Nc2ccc(C(C)(C)C)cc2)=C1NC1CCCCC1. The third-order valence-electron chi connectivity index (χ3n) is 5.03. The predicted molar refractivity (Wildman–Crippen MR) is 99.9 cm³/mol. The van der Waals surface area contributed by atoms with Crippen LogP contribution in [0.1, 0.15) is 58.4 Å². The van der Waals surface area contributed by atoms with Gasteiger partial charge in [-0.05, 0) is 36.0 Å². The molecule has 1 aromatic carbocycles. The van der Waals surface area contributed by atoms with Crippen LogP contribution in [0.2, 0.25) is 0 Å². The Morgan fingerprint density at radius 3 is 2.21 bits per heavy atom. The molecule has 0 heterocycles. The van der Waals surface area contributed by atoms with Crippen molar-refractivity contribution in [3.8, 4) is 0 Å². The second-order valence-electron chi connectivity index (χ2n) is 7.99. The van der Waals surface area contributed by atoms with Gasteiger partial charge in [-0.15, -0.1) is 0 Å². The van der Waals surface area contributed by atoms with Crippen molar-refractivity contribution in [2.75, 3.05) is 5.32 Å². The molecule has 128 valence electrons. The van der Waals surface area contributed by atoms with Gasteiger partial charge in [-0.2, -0.15) is 0 Å². The molecule has 3 nitrogen and oxygen atoms in total. The molecule has 24 heavy (non-hydrogen) atoms. The normalized spacial score (nSPS) is 19.3. The van der Waals surface area contributed by atoms with E-state index in [4.69, 9.17) is 0 Å². The van der Waals surface area contributed by atoms with E-state index >= 15 is 0 Å². The van der Waals surface area contributed by atoms with Crippen LogP contribution in [-0.2, 0) is 10.2 Å². The summed E-state index contributed by atoms with van der Waals surface area (Å²) in [6.07, 6.45) is 6.21. The Morgan fingerprint density at radius 1 is 1.00 bits per heavy atom. The lowest BCUT2D eigenvalue weighted by atomic mass is 9.87. The molecular formula is C21H28N2O. The Bertz CT molecular complexity index is 671. The number of hydrogen-bond acceptors (Lipinski definition) is 3. The molecular weight excluding hydrogens is 296 g/mol. The summed E-state index contributed by atoms with van der Waals surface area (Å²) >= 11 is 0. The molecule has 0 aromatic heterocycles. The van der Waals surface area contributed by atoms with Crippen LogP contribution in [0.3, 0.4) is 0 Å². The van der Waals surface area contributed by atoms with E-state index in [0.717, 1.165) is 11.4 Å². The molecule has 1 saturated carbocycles. The van der Waals surface area contributed by atoms with Gasteiger partial charge in [0.05, 0.1) is 5.70 Å².